The Morgan fingerprint density at radius 1 is 1.25 bits per heavy atom. The van der Waals surface area contributed by atoms with E-state index >= 15 is 0 Å². The molecule has 1 aromatic carbocycles. The Labute approximate surface area is 106 Å². The van der Waals surface area contributed by atoms with Gasteiger partial charge < -0.3 is 4.42 Å². The summed E-state index contributed by atoms with van der Waals surface area (Å²) in [5.74, 6) is 0.240. The maximum Gasteiger partial charge on any atom is 0.215 e. The van der Waals surface area contributed by atoms with Crippen LogP contribution in [0.25, 0.3) is 0 Å². The minimum Gasteiger partial charge on any atom is -0.461 e. The van der Waals surface area contributed by atoms with Crippen molar-refractivity contribution in [3.8, 4) is 0 Å². The first-order chi connectivity index (χ1) is 7.68. The van der Waals surface area contributed by atoms with Crippen LogP contribution in [0.1, 0.15) is 20.9 Å². The molecule has 0 aliphatic heterocycles. The number of ketones is 1. The van der Waals surface area contributed by atoms with E-state index in [1.807, 2.05) is 12.1 Å². The van der Waals surface area contributed by atoms with Gasteiger partial charge in [0.2, 0.25) is 5.78 Å². The topological polar surface area (TPSA) is 30.2 Å². The number of rotatable bonds is 3. The fraction of sp³-hybridized carbons (Fsp3) is 0.0833. The van der Waals surface area contributed by atoms with Gasteiger partial charge in [-0.2, -0.15) is 0 Å². The summed E-state index contributed by atoms with van der Waals surface area (Å²) in [5, 5.41) is 0.647. The van der Waals surface area contributed by atoms with E-state index in [0.29, 0.717) is 10.8 Å². The maximum atomic E-state index is 11.9. The minimum atomic E-state index is -0.407. The Morgan fingerprint density at radius 2 is 1.94 bits per heavy atom. The molecule has 0 saturated carbocycles. The zero-order valence-electron chi connectivity index (χ0n) is 8.19. The molecule has 0 bridgehead atoms. The van der Waals surface area contributed by atoms with Gasteiger partial charge in [0.1, 0.15) is 4.83 Å². The van der Waals surface area contributed by atoms with Crippen LogP contribution < -0.4 is 0 Å². The Hall–Kier alpha value is -1.06. The second kappa shape index (κ2) is 4.85. The number of carbonyl (C=O) groups excluding carboxylic acids is 1. The highest BCUT2D eigenvalue weighted by molar-refractivity contribution is 9.09. The third-order valence-electron chi connectivity index (χ3n) is 2.16. The average Bonchev–Trinajstić information content (AvgIpc) is 2.81. The molecule has 4 heteroatoms. The third-order valence-corrected chi connectivity index (χ3v) is 3.35. The number of halogens is 2. The fourth-order valence-electron chi connectivity index (χ4n) is 1.33. The molecule has 0 radical (unpaired) electrons. The first-order valence-corrected chi connectivity index (χ1v) is 5.95. The molecule has 0 spiro atoms. The summed E-state index contributed by atoms with van der Waals surface area (Å²) in [5.41, 5.74) is 0.853. The van der Waals surface area contributed by atoms with E-state index in [9.17, 15) is 4.79 Å². The van der Waals surface area contributed by atoms with E-state index in [4.69, 9.17) is 16.0 Å². The quantitative estimate of drug-likeness (QED) is 0.626. The fourth-order valence-corrected chi connectivity index (χ4v) is 1.98. The van der Waals surface area contributed by atoms with Crippen molar-refractivity contribution in [1.82, 2.24) is 0 Å². The van der Waals surface area contributed by atoms with E-state index in [2.05, 4.69) is 15.9 Å². The molecule has 2 aromatic rings. The van der Waals surface area contributed by atoms with Crippen LogP contribution in [0.4, 0.5) is 0 Å². The van der Waals surface area contributed by atoms with Gasteiger partial charge in [-0.3, -0.25) is 4.79 Å². The first-order valence-electron chi connectivity index (χ1n) is 4.66. The SMILES string of the molecule is O=C(c1ccco1)C(Br)c1ccc(Cl)cc1. The van der Waals surface area contributed by atoms with Gasteiger partial charge in [-0.25, -0.2) is 0 Å². The molecular weight excluding hydrogens is 291 g/mol. The summed E-state index contributed by atoms with van der Waals surface area (Å²) >= 11 is 9.12. The van der Waals surface area contributed by atoms with Crippen LogP contribution in [-0.2, 0) is 0 Å². The van der Waals surface area contributed by atoms with Gasteiger partial charge in [0.15, 0.2) is 5.76 Å². The molecule has 0 aliphatic rings. The Bertz CT molecular complexity index is 476. The molecule has 1 unspecified atom stereocenters. The number of benzene rings is 1. The molecule has 0 aliphatic carbocycles. The van der Waals surface area contributed by atoms with Crippen molar-refractivity contribution in [2.45, 2.75) is 4.83 Å². The minimum absolute atomic E-state index is 0.104. The highest BCUT2D eigenvalue weighted by atomic mass is 79.9. The van der Waals surface area contributed by atoms with Gasteiger partial charge in [-0.15, -0.1) is 0 Å². The van der Waals surface area contributed by atoms with E-state index < -0.39 is 4.83 Å². The number of Topliss-reactive ketones (excluding diaryl/α,β-unsaturated/α-hetero) is 1. The van der Waals surface area contributed by atoms with Crippen LogP contribution in [0.5, 0.6) is 0 Å². The van der Waals surface area contributed by atoms with E-state index in [1.165, 1.54) is 6.26 Å². The number of hydrogen-bond donors (Lipinski definition) is 0. The van der Waals surface area contributed by atoms with Crippen molar-refractivity contribution in [2.75, 3.05) is 0 Å². The van der Waals surface area contributed by atoms with Crippen LogP contribution in [0, 0.1) is 0 Å². The van der Waals surface area contributed by atoms with Gasteiger partial charge in [-0.1, -0.05) is 39.7 Å². The van der Waals surface area contributed by atoms with Crippen LogP contribution in [0.3, 0.4) is 0 Å². The van der Waals surface area contributed by atoms with Crippen molar-refractivity contribution in [2.24, 2.45) is 0 Å². The highest BCUT2D eigenvalue weighted by Crippen LogP contribution is 2.28. The van der Waals surface area contributed by atoms with Crippen molar-refractivity contribution in [1.29, 1.82) is 0 Å². The van der Waals surface area contributed by atoms with Crippen molar-refractivity contribution in [3.63, 3.8) is 0 Å². The number of furan rings is 1. The molecule has 0 saturated heterocycles. The van der Waals surface area contributed by atoms with Gasteiger partial charge >= 0.3 is 0 Å². The van der Waals surface area contributed by atoms with Crippen LogP contribution in [-0.4, -0.2) is 5.78 Å². The molecule has 1 atom stereocenters. The number of hydrogen-bond acceptors (Lipinski definition) is 2. The summed E-state index contributed by atoms with van der Waals surface area (Å²) in [6.45, 7) is 0. The lowest BCUT2D eigenvalue weighted by Gasteiger charge is -2.07. The van der Waals surface area contributed by atoms with E-state index in [-0.39, 0.29) is 5.78 Å². The van der Waals surface area contributed by atoms with Crippen molar-refractivity contribution >= 4 is 33.3 Å². The smallest absolute Gasteiger partial charge is 0.215 e. The molecule has 82 valence electrons. The lowest BCUT2D eigenvalue weighted by atomic mass is 10.1. The van der Waals surface area contributed by atoms with Crippen molar-refractivity contribution < 1.29 is 9.21 Å². The van der Waals surface area contributed by atoms with Crippen LogP contribution >= 0.6 is 27.5 Å². The summed E-state index contributed by atoms with van der Waals surface area (Å²) in [4.78, 5) is 11.5. The lowest BCUT2D eigenvalue weighted by Crippen LogP contribution is -2.05. The standard InChI is InChI=1S/C12H8BrClO2/c13-11(8-3-5-9(14)6-4-8)12(15)10-2-1-7-16-10/h1-7,11H. The summed E-state index contributed by atoms with van der Waals surface area (Å²) in [6.07, 6.45) is 1.48. The second-order valence-corrected chi connectivity index (χ2v) is 4.61. The Morgan fingerprint density at radius 3 is 2.50 bits per heavy atom. The monoisotopic (exact) mass is 298 g/mol. The Kier molecular flexibility index (Phi) is 3.46. The van der Waals surface area contributed by atoms with Crippen molar-refractivity contribution in [3.05, 3.63) is 59.0 Å². The third kappa shape index (κ3) is 2.36. The largest absolute Gasteiger partial charge is 0.461 e. The van der Waals surface area contributed by atoms with Gasteiger partial charge in [0, 0.05) is 5.02 Å². The molecule has 0 amide bonds. The molecular formula is C12H8BrClO2. The maximum absolute atomic E-state index is 11.9. The molecule has 0 fully saturated rings. The Balaban J connectivity index is 2.22. The average molecular weight is 300 g/mol. The zero-order chi connectivity index (χ0) is 11.5. The molecule has 1 heterocycles. The zero-order valence-corrected chi connectivity index (χ0v) is 10.5. The summed E-state index contributed by atoms with van der Waals surface area (Å²) in [7, 11) is 0. The number of alkyl halides is 1. The van der Waals surface area contributed by atoms with E-state index in [0.717, 1.165) is 5.56 Å². The number of carbonyl (C=O) groups is 1. The lowest BCUT2D eigenvalue weighted by molar-refractivity contribution is 0.0965. The molecule has 2 rings (SSSR count). The molecule has 0 N–H and O–H groups in total. The second-order valence-electron chi connectivity index (χ2n) is 3.26. The molecule has 2 nitrogen and oxygen atoms in total. The summed E-state index contributed by atoms with van der Waals surface area (Å²) < 4.78 is 5.06. The normalized spacial score (nSPS) is 12.4. The first kappa shape index (κ1) is 11.4. The van der Waals surface area contributed by atoms with Crippen LogP contribution in [0.2, 0.25) is 5.02 Å². The molecule has 16 heavy (non-hydrogen) atoms. The van der Waals surface area contributed by atoms with Gasteiger partial charge in [0.25, 0.3) is 0 Å². The predicted molar refractivity (Wildman–Crippen MR) is 66.2 cm³/mol. The van der Waals surface area contributed by atoms with Crippen LogP contribution in [0.15, 0.2) is 47.1 Å². The highest BCUT2D eigenvalue weighted by Gasteiger charge is 2.20. The van der Waals surface area contributed by atoms with Gasteiger partial charge in [0.05, 0.1) is 6.26 Å². The van der Waals surface area contributed by atoms with Gasteiger partial charge in [-0.05, 0) is 29.8 Å². The van der Waals surface area contributed by atoms with E-state index in [1.54, 1.807) is 24.3 Å². The predicted octanol–water partition coefficient (Wildman–Crippen LogP) is 4.25. The molecule has 1 aromatic heterocycles. The summed E-state index contributed by atoms with van der Waals surface area (Å²) in [6, 6.07) is 10.5.